The molecular weight excluding hydrogens is 294 g/mol. The minimum Gasteiger partial charge on any atom is -0.396 e. The maximum Gasteiger partial charge on any atom is 0.263 e. The largest absolute Gasteiger partial charge is 0.396 e. The lowest BCUT2D eigenvalue weighted by molar-refractivity contribution is 0.0786. The van der Waals surface area contributed by atoms with Crippen LogP contribution in [0.5, 0.6) is 0 Å². The van der Waals surface area contributed by atoms with E-state index in [0.29, 0.717) is 17.9 Å². The lowest BCUT2D eigenvalue weighted by Gasteiger charge is -2.33. The molecule has 22 heavy (non-hydrogen) atoms. The maximum atomic E-state index is 12.7. The van der Waals surface area contributed by atoms with Crippen molar-refractivity contribution in [1.82, 2.24) is 4.90 Å². The molecule has 0 aromatic carbocycles. The van der Waals surface area contributed by atoms with Crippen LogP contribution in [0.3, 0.4) is 0 Å². The number of aliphatic hydroxyl groups excluding tert-OH is 1. The molecule has 0 bridgehead atoms. The van der Waals surface area contributed by atoms with Crippen LogP contribution in [-0.2, 0) is 12.8 Å². The summed E-state index contributed by atoms with van der Waals surface area (Å²) >= 11 is 1.70. The number of likely N-dealkylation sites (tertiary alicyclic amines) is 1. The highest BCUT2D eigenvalue weighted by molar-refractivity contribution is 7.14. The van der Waals surface area contributed by atoms with Crippen LogP contribution in [0, 0.1) is 17.3 Å². The second-order valence-corrected chi connectivity index (χ2v) is 9.09. The van der Waals surface area contributed by atoms with Gasteiger partial charge in [-0.3, -0.25) is 4.79 Å². The van der Waals surface area contributed by atoms with Gasteiger partial charge in [0.05, 0.1) is 4.88 Å². The fourth-order valence-electron chi connectivity index (χ4n) is 3.69. The van der Waals surface area contributed by atoms with Crippen molar-refractivity contribution in [2.45, 2.75) is 46.5 Å². The first kappa shape index (κ1) is 16.0. The van der Waals surface area contributed by atoms with Crippen LogP contribution in [0.1, 0.15) is 53.7 Å². The van der Waals surface area contributed by atoms with Crippen LogP contribution < -0.4 is 0 Å². The summed E-state index contributed by atoms with van der Waals surface area (Å²) in [5.41, 5.74) is 1.74. The first-order valence-electron chi connectivity index (χ1n) is 8.40. The minimum atomic E-state index is 0.169. The molecule has 2 aliphatic rings. The number of aryl methyl sites for hydroxylation is 1. The smallest absolute Gasteiger partial charge is 0.263 e. The molecule has 0 radical (unpaired) electrons. The molecule has 3 nitrogen and oxygen atoms in total. The number of thiophene rings is 1. The number of amides is 1. The van der Waals surface area contributed by atoms with E-state index in [4.69, 9.17) is 0 Å². The highest BCUT2D eigenvalue weighted by Crippen LogP contribution is 2.40. The molecule has 1 saturated heterocycles. The summed E-state index contributed by atoms with van der Waals surface area (Å²) in [4.78, 5) is 16.9. The van der Waals surface area contributed by atoms with Crippen LogP contribution in [0.15, 0.2) is 6.07 Å². The fraction of sp³-hybridized carbons (Fsp3) is 0.722. The molecule has 0 spiro atoms. The zero-order valence-corrected chi connectivity index (χ0v) is 14.7. The summed E-state index contributed by atoms with van der Waals surface area (Å²) in [5.74, 6) is 1.15. The Morgan fingerprint density at radius 3 is 2.82 bits per heavy atom. The van der Waals surface area contributed by atoms with E-state index >= 15 is 0 Å². The highest BCUT2D eigenvalue weighted by atomic mass is 32.1. The van der Waals surface area contributed by atoms with Crippen molar-refractivity contribution in [2.24, 2.45) is 17.3 Å². The first-order valence-corrected chi connectivity index (χ1v) is 9.22. The third kappa shape index (κ3) is 3.09. The molecule has 1 N–H and O–H groups in total. The molecule has 2 atom stereocenters. The SMILES string of the molecule is CC(C)(C)C1CCc2sc(C(=O)N3CCC(CO)C3)cc2C1. The Bertz CT molecular complexity index is 558. The van der Waals surface area contributed by atoms with E-state index in [0.717, 1.165) is 30.7 Å². The molecule has 1 aromatic rings. The van der Waals surface area contributed by atoms with Gasteiger partial charge in [0.2, 0.25) is 0 Å². The topological polar surface area (TPSA) is 40.5 Å². The predicted molar refractivity (Wildman–Crippen MR) is 90.4 cm³/mol. The molecule has 122 valence electrons. The Labute approximate surface area is 137 Å². The van der Waals surface area contributed by atoms with Crippen LogP contribution in [0.4, 0.5) is 0 Å². The Morgan fingerprint density at radius 2 is 2.18 bits per heavy atom. The van der Waals surface area contributed by atoms with E-state index in [1.807, 2.05) is 4.90 Å². The molecule has 1 aliphatic carbocycles. The van der Waals surface area contributed by atoms with Crippen LogP contribution in [0.25, 0.3) is 0 Å². The van der Waals surface area contributed by atoms with E-state index in [2.05, 4.69) is 26.8 Å². The quantitative estimate of drug-likeness (QED) is 0.907. The molecule has 4 heteroatoms. The van der Waals surface area contributed by atoms with Gasteiger partial charge in [0, 0.05) is 30.5 Å². The Kier molecular flexibility index (Phi) is 4.34. The maximum absolute atomic E-state index is 12.7. The monoisotopic (exact) mass is 321 g/mol. The second-order valence-electron chi connectivity index (χ2n) is 7.95. The normalized spacial score (nSPS) is 25.4. The number of rotatable bonds is 2. The third-order valence-electron chi connectivity index (χ3n) is 5.35. The summed E-state index contributed by atoms with van der Waals surface area (Å²) < 4.78 is 0. The molecule has 0 saturated carbocycles. The molecule has 1 aromatic heterocycles. The van der Waals surface area contributed by atoms with E-state index in [9.17, 15) is 9.90 Å². The molecule has 3 rings (SSSR count). The average Bonchev–Trinajstić information content (AvgIpc) is 3.11. The van der Waals surface area contributed by atoms with E-state index in [1.54, 1.807) is 11.3 Å². The van der Waals surface area contributed by atoms with Crippen LogP contribution >= 0.6 is 11.3 Å². The first-order chi connectivity index (χ1) is 10.4. The summed E-state index contributed by atoms with van der Waals surface area (Å²) in [6.07, 6.45) is 4.40. The summed E-state index contributed by atoms with van der Waals surface area (Å²) in [6, 6.07) is 2.15. The molecule has 2 heterocycles. The van der Waals surface area contributed by atoms with Gasteiger partial charge in [-0.1, -0.05) is 20.8 Å². The molecule has 1 amide bonds. The van der Waals surface area contributed by atoms with Gasteiger partial charge < -0.3 is 10.0 Å². The Hall–Kier alpha value is -0.870. The molecule has 1 fully saturated rings. The van der Waals surface area contributed by atoms with Crippen molar-refractivity contribution in [1.29, 1.82) is 0 Å². The summed E-state index contributed by atoms with van der Waals surface area (Å²) in [7, 11) is 0. The van der Waals surface area contributed by atoms with Crippen molar-refractivity contribution in [3.63, 3.8) is 0 Å². The number of carbonyl (C=O) groups excluding carboxylic acids is 1. The number of aliphatic hydroxyl groups is 1. The number of hydrogen-bond acceptors (Lipinski definition) is 3. The van der Waals surface area contributed by atoms with Gasteiger partial charge in [0.15, 0.2) is 0 Å². The number of nitrogens with zero attached hydrogens (tertiary/aromatic N) is 1. The fourth-order valence-corrected chi connectivity index (χ4v) is 4.87. The Balaban J connectivity index is 1.73. The highest BCUT2D eigenvalue weighted by Gasteiger charge is 2.32. The molecule has 1 aliphatic heterocycles. The zero-order chi connectivity index (χ0) is 15.9. The summed E-state index contributed by atoms with van der Waals surface area (Å²) in [5, 5.41) is 9.24. The van der Waals surface area contributed by atoms with E-state index in [1.165, 1.54) is 16.9 Å². The van der Waals surface area contributed by atoms with Gasteiger partial charge in [-0.05, 0) is 48.6 Å². The lowest BCUT2D eigenvalue weighted by Crippen LogP contribution is -2.28. The second kappa shape index (κ2) is 5.97. The average molecular weight is 321 g/mol. The molecular formula is C18H27NO2S. The minimum absolute atomic E-state index is 0.169. The summed E-state index contributed by atoms with van der Waals surface area (Å²) in [6.45, 7) is 8.65. The van der Waals surface area contributed by atoms with E-state index in [-0.39, 0.29) is 18.4 Å². The van der Waals surface area contributed by atoms with Crippen LogP contribution in [0.2, 0.25) is 0 Å². The van der Waals surface area contributed by atoms with Crippen molar-refractivity contribution < 1.29 is 9.90 Å². The number of hydrogen-bond donors (Lipinski definition) is 1. The zero-order valence-electron chi connectivity index (χ0n) is 13.9. The number of fused-ring (bicyclic) bond motifs is 1. The van der Waals surface area contributed by atoms with Gasteiger partial charge in [0.1, 0.15) is 0 Å². The van der Waals surface area contributed by atoms with Gasteiger partial charge >= 0.3 is 0 Å². The molecule has 2 unspecified atom stereocenters. The van der Waals surface area contributed by atoms with Crippen molar-refractivity contribution in [3.05, 3.63) is 21.4 Å². The van der Waals surface area contributed by atoms with Gasteiger partial charge in [-0.25, -0.2) is 0 Å². The lowest BCUT2D eigenvalue weighted by atomic mass is 9.72. The van der Waals surface area contributed by atoms with Crippen molar-refractivity contribution >= 4 is 17.2 Å². The van der Waals surface area contributed by atoms with Crippen molar-refractivity contribution in [3.8, 4) is 0 Å². The van der Waals surface area contributed by atoms with Gasteiger partial charge in [-0.15, -0.1) is 11.3 Å². The standard InChI is InChI=1S/C18H27NO2S/c1-18(2,3)14-4-5-15-13(8-14)9-16(22-15)17(21)19-7-6-12(10-19)11-20/h9,12,14,20H,4-8,10-11H2,1-3H3. The Morgan fingerprint density at radius 1 is 1.41 bits per heavy atom. The van der Waals surface area contributed by atoms with E-state index < -0.39 is 0 Å². The third-order valence-corrected chi connectivity index (χ3v) is 6.57. The van der Waals surface area contributed by atoms with Crippen molar-refractivity contribution in [2.75, 3.05) is 19.7 Å². The number of carbonyl (C=O) groups is 1. The predicted octanol–water partition coefficient (Wildman–Crippen LogP) is 3.35. The van der Waals surface area contributed by atoms with Gasteiger partial charge in [0.25, 0.3) is 5.91 Å². The van der Waals surface area contributed by atoms with Gasteiger partial charge in [-0.2, -0.15) is 0 Å². The van der Waals surface area contributed by atoms with Crippen LogP contribution in [-0.4, -0.2) is 35.6 Å².